The molecule has 0 bridgehead atoms. The van der Waals surface area contributed by atoms with E-state index in [9.17, 15) is 9.59 Å². The molecule has 1 aromatic heterocycles. The molecule has 0 aliphatic carbocycles. The lowest BCUT2D eigenvalue weighted by Crippen LogP contribution is -2.39. The van der Waals surface area contributed by atoms with Gasteiger partial charge in [0.15, 0.2) is 16.3 Å². The number of thiazole rings is 1. The Labute approximate surface area is 239 Å². The Morgan fingerprint density at radius 3 is 2.51 bits per heavy atom. The van der Waals surface area contributed by atoms with Crippen LogP contribution < -0.4 is 29.1 Å². The van der Waals surface area contributed by atoms with Crippen molar-refractivity contribution in [3.8, 4) is 17.2 Å². The lowest BCUT2D eigenvalue weighted by atomic mass is 9.96. The third-order valence-corrected chi connectivity index (χ3v) is 7.49. The van der Waals surface area contributed by atoms with E-state index in [0.717, 1.165) is 11.1 Å². The standard InChI is InChI=1S/C29H31BrN2O6S/c1-7-36-26-21(30)13-18(14-22(26)35-6)15-23-27(33)32-25(19-9-11-20(12-10-19)38-16(3)4)24(28(34)37-8-2)17(5)31-29(32)39-23/h9-16,25H,7-8H2,1-6H3/b23-15-/t25-/m1/s1. The highest BCUT2D eigenvalue weighted by molar-refractivity contribution is 9.10. The van der Waals surface area contributed by atoms with Crippen molar-refractivity contribution >= 4 is 39.3 Å². The van der Waals surface area contributed by atoms with Crippen molar-refractivity contribution in [2.24, 2.45) is 4.99 Å². The van der Waals surface area contributed by atoms with Gasteiger partial charge in [0, 0.05) is 0 Å². The van der Waals surface area contributed by atoms with Crippen LogP contribution in [0.2, 0.25) is 0 Å². The number of allylic oxidation sites excluding steroid dienone is 1. The van der Waals surface area contributed by atoms with Crippen LogP contribution in [0.1, 0.15) is 51.8 Å². The minimum Gasteiger partial charge on any atom is -0.493 e. The Morgan fingerprint density at radius 1 is 1.18 bits per heavy atom. The molecule has 3 aromatic rings. The number of benzene rings is 2. The Morgan fingerprint density at radius 2 is 1.90 bits per heavy atom. The van der Waals surface area contributed by atoms with Gasteiger partial charge in [-0.05, 0) is 92.0 Å². The summed E-state index contributed by atoms with van der Waals surface area (Å²) in [5.74, 6) is 1.35. The lowest BCUT2D eigenvalue weighted by molar-refractivity contribution is -0.139. The van der Waals surface area contributed by atoms with Crippen LogP contribution in [-0.4, -0.2) is 37.0 Å². The summed E-state index contributed by atoms with van der Waals surface area (Å²) in [5, 5.41) is 0. The number of fused-ring (bicyclic) bond motifs is 1. The van der Waals surface area contributed by atoms with Gasteiger partial charge in [0.2, 0.25) is 0 Å². The number of esters is 1. The molecule has 1 atom stereocenters. The molecule has 1 aliphatic rings. The molecule has 8 nitrogen and oxygen atoms in total. The first kappa shape index (κ1) is 28.6. The minimum atomic E-state index is -0.697. The van der Waals surface area contributed by atoms with E-state index in [4.69, 9.17) is 18.9 Å². The van der Waals surface area contributed by atoms with E-state index in [1.807, 2.05) is 57.2 Å². The monoisotopic (exact) mass is 614 g/mol. The summed E-state index contributed by atoms with van der Waals surface area (Å²) in [6.45, 7) is 10.0. The van der Waals surface area contributed by atoms with E-state index in [0.29, 0.717) is 48.9 Å². The van der Waals surface area contributed by atoms with Gasteiger partial charge in [0.1, 0.15) is 5.75 Å². The molecule has 0 fully saturated rings. The number of hydrogen-bond donors (Lipinski definition) is 0. The zero-order chi connectivity index (χ0) is 28.3. The molecule has 0 saturated carbocycles. The van der Waals surface area contributed by atoms with E-state index in [2.05, 4.69) is 20.9 Å². The quantitative estimate of drug-likeness (QED) is 0.323. The molecule has 0 unspecified atom stereocenters. The van der Waals surface area contributed by atoms with Crippen molar-refractivity contribution in [2.45, 2.75) is 46.8 Å². The van der Waals surface area contributed by atoms with Crippen LogP contribution in [-0.2, 0) is 9.53 Å². The Hall–Kier alpha value is -3.37. The normalized spacial score (nSPS) is 15.2. The predicted molar refractivity (Wildman–Crippen MR) is 154 cm³/mol. The summed E-state index contributed by atoms with van der Waals surface area (Å²) in [4.78, 5) is 32.1. The molecular weight excluding hydrogens is 584 g/mol. The fourth-order valence-corrected chi connectivity index (χ4v) is 5.99. The number of rotatable bonds is 9. The highest BCUT2D eigenvalue weighted by Gasteiger charge is 2.33. The molecular formula is C29H31BrN2O6S. The summed E-state index contributed by atoms with van der Waals surface area (Å²) in [5.41, 5.74) is 2.09. The third kappa shape index (κ3) is 5.96. The Kier molecular flexibility index (Phi) is 8.97. The molecule has 10 heteroatoms. The van der Waals surface area contributed by atoms with E-state index in [-0.39, 0.29) is 18.3 Å². The van der Waals surface area contributed by atoms with E-state index < -0.39 is 12.0 Å². The van der Waals surface area contributed by atoms with Crippen molar-refractivity contribution in [3.63, 3.8) is 0 Å². The van der Waals surface area contributed by atoms with Crippen molar-refractivity contribution in [2.75, 3.05) is 20.3 Å². The number of carbonyl (C=O) groups is 1. The van der Waals surface area contributed by atoms with Crippen LogP contribution in [0.4, 0.5) is 0 Å². The van der Waals surface area contributed by atoms with E-state index in [1.54, 1.807) is 31.6 Å². The number of nitrogens with zero attached hydrogens (tertiary/aromatic N) is 2. The fraction of sp³-hybridized carbons (Fsp3) is 0.345. The summed E-state index contributed by atoms with van der Waals surface area (Å²) < 4.78 is 25.1. The molecule has 0 spiro atoms. The average molecular weight is 616 g/mol. The Balaban J connectivity index is 1.89. The summed E-state index contributed by atoms with van der Waals surface area (Å²) in [6, 6.07) is 10.4. The summed E-state index contributed by atoms with van der Waals surface area (Å²) in [7, 11) is 1.57. The summed E-state index contributed by atoms with van der Waals surface area (Å²) in [6.07, 6.45) is 1.80. The minimum absolute atomic E-state index is 0.0204. The smallest absolute Gasteiger partial charge is 0.338 e. The molecule has 2 aromatic carbocycles. The largest absolute Gasteiger partial charge is 0.493 e. The number of carbonyl (C=O) groups excluding carboxylic acids is 1. The van der Waals surface area contributed by atoms with Crippen LogP contribution in [0.15, 0.2) is 61.9 Å². The van der Waals surface area contributed by atoms with Crippen molar-refractivity contribution in [1.82, 2.24) is 4.57 Å². The second-order valence-electron chi connectivity index (χ2n) is 9.01. The van der Waals surface area contributed by atoms with Gasteiger partial charge in [-0.25, -0.2) is 9.79 Å². The van der Waals surface area contributed by atoms with E-state index >= 15 is 0 Å². The van der Waals surface area contributed by atoms with Crippen LogP contribution >= 0.6 is 27.3 Å². The number of methoxy groups -OCH3 is 1. The predicted octanol–water partition coefficient (Wildman–Crippen LogP) is 4.76. The van der Waals surface area contributed by atoms with Crippen LogP contribution in [0, 0.1) is 0 Å². The second-order valence-corrected chi connectivity index (χ2v) is 10.9. The fourth-order valence-electron chi connectivity index (χ4n) is 4.37. The highest BCUT2D eigenvalue weighted by atomic mass is 79.9. The second kappa shape index (κ2) is 12.2. The molecule has 39 heavy (non-hydrogen) atoms. The van der Waals surface area contributed by atoms with Crippen LogP contribution in [0.25, 0.3) is 6.08 Å². The maximum Gasteiger partial charge on any atom is 0.338 e. The lowest BCUT2D eigenvalue weighted by Gasteiger charge is -2.25. The molecule has 0 amide bonds. The molecule has 0 saturated heterocycles. The topological polar surface area (TPSA) is 88.4 Å². The molecule has 0 N–H and O–H groups in total. The molecule has 4 rings (SSSR count). The van der Waals surface area contributed by atoms with Gasteiger partial charge in [-0.3, -0.25) is 9.36 Å². The first-order chi connectivity index (χ1) is 18.7. The number of halogens is 1. The third-order valence-electron chi connectivity index (χ3n) is 5.92. The van der Waals surface area contributed by atoms with Gasteiger partial charge >= 0.3 is 5.97 Å². The van der Waals surface area contributed by atoms with Gasteiger partial charge in [0.25, 0.3) is 5.56 Å². The van der Waals surface area contributed by atoms with Gasteiger partial charge in [-0.2, -0.15) is 0 Å². The first-order valence-electron chi connectivity index (χ1n) is 12.6. The number of hydrogen-bond acceptors (Lipinski definition) is 8. The van der Waals surface area contributed by atoms with E-state index in [1.165, 1.54) is 11.3 Å². The van der Waals surface area contributed by atoms with Gasteiger partial charge in [0.05, 0.1) is 52.7 Å². The first-order valence-corrected chi connectivity index (χ1v) is 14.3. The maximum atomic E-state index is 13.9. The SMILES string of the molecule is CCOC(=O)C1=C(C)N=c2s/c(=C\c3cc(Br)c(OCC)c(OC)c3)c(=O)n2[C@@H]1c1ccc(OC(C)C)cc1. The number of ether oxygens (including phenoxy) is 4. The summed E-state index contributed by atoms with van der Waals surface area (Å²) >= 11 is 4.81. The molecule has 206 valence electrons. The van der Waals surface area contributed by atoms with Crippen molar-refractivity contribution in [3.05, 3.63) is 83.0 Å². The molecule has 1 aliphatic heterocycles. The van der Waals surface area contributed by atoms with Gasteiger partial charge in [-0.15, -0.1) is 0 Å². The maximum absolute atomic E-state index is 13.9. The van der Waals surface area contributed by atoms with Gasteiger partial charge in [-0.1, -0.05) is 23.5 Å². The Bertz CT molecular complexity index is 1590. The highest BCUT2D eigenvalue weighted by Crippen LogP contribution is 2.37. The van der Waals surface area contributed by atoms with Crippen LogP contribution in [0.5, 0.6) is 17.2 Å². The number of aromatic nitrogens is 1. The molecule has 0 radical (unpaired) electrons. The van der Waals surface area contributed by atoms with Gasteiger partial charge < -0.3 is 18.9 Å². The van der Waals surface area contributed by atoms with Crippen molar-refractivity contribution < 1.29 is 23.7 Å². The molecule has 2 heterocycles. The van der Waals surface area contributed by atoms with Crippen LogP contribution in [0.3, 0.4) is 0 Å². The zero-order valence-corrected chi connectivity index (χ0v) is 25.1. The zero-order valence-electron chi connectivity index (χ0n) is 22.7. The average Bonchev–Trinajstić information content (AvgIpc) is 3.19. The van der Waals surface area contributed by atoms with Crippen molar-refractivity contribution in [1.29, 1.82) is 0 Å².